The van der Waals surface area contributed by atoms with E-state index in [1.807, 2.05) is 19.1 Å². The van der Waals surface area contributed by atoms with E-state index in [0.717, 1.165) is 18.4 Å². The van der Waals surface area contributed by atoms with Crippen molar-refractivity contribution in [2.45, 2.75) is 83.8 Å². The van der Waals surface area contributed by atoms with Crippen LogP contribution in [0.5, 0.6) is 0 Å². The number of benzene rings is 2. The largest absolute Gasteiger partial charge is 0.509 e. The molecular weight excluding hydrogens is 548 g/mol. The molecule has 0 spiro atoms. The van der Waals surface area contributed by atoms with E-state index in [2.05, 4.69) is 75.4 Å². The van der Waals surface area contributed by atoms with Crippen molar-refractivity contribution in [3.63, 3.8) is 0 Å². The minimum atomic E-state index is -2.71. The van der Waals surface area contributed by atoms with Gasteiger partial charge in [0.25, 0.3) is 8.32 Å². The van der Waals surface area contributed by atoms with Crippen molar-refractivity contribution in [2.24, 2.45) is 5.41 Å². The number of rotatable bonds is 13. The summed E-state index contributed by atoms with van der Waals surface area (Å²) in [6.07, 6.45) is 4.11. The number of hydrogen-bond donors (Lipinski definition) is 0. The molecule has 0 unspecified atom stereocenters. The molecule has 2 aromatic carbocycles. The Bertz CT molecular complexity index is 1240. The van der Waals surface area contributed by atoms with Crippen LogP contribution in [0.15, 0.2) is 72.3 Å². The Morgan fingerprint density at radius 2 is 1.62 bits per heavy atom. The summed E-state index contributed by atoms with van der Waals surface area (Å²) in [6, 6.07) is 21.0. The molecule has 2 aromatic rings. The topological polar surface area (TPSA) is 88.1 Å². The molecule has 0 N–H and O–H groups in total. The van der Waals surface area contributed by atoms with E-state index in [-0.39, 0.29) is 36.9 Å². The third kappa shape index (κ3) is 6.55. The Morgan fingerprint density at radius 3 is 2.14 bits per heavy atom. The number of carbonyl (C=O) groups is 3. The Morgan fingerprint density at radius 1 is 1.00 bits per heavy atom. The van der Waals surface area contributed by atoms with Gasteiger partial charge in [-0.25, -0.2) is 4.79 Å². The fraction of sp³-hybridized carbons (Fsp3) is 0.500. The maximum Gasteiger partial charge on any atom is 0.509 e. The number of allylic oxidation sites excluding steroid dienone is 1. The molecule has 1 saturated heterocycles. The van der Waals surface area contributed by atoms with E-state index in [1.165, 1.54) is 10.4 Å². The zero-order valence-corrected chi connectivity index (χ0v) is 26.6. The fourth-order valence-corrected chi connectivity index (χ4v) is 11.5. The van der Waals surface area contributed by atoms with Gasteiger partial charge in [-0.3, -0.25) is 9.59 Å². The Kier molecular flexibility index (Phi) is 9.78. The lowest BCUT2D eigenvalue weighted by Gasteiger charge is -2.43. The third-order valence-electron chi connectivity index (χ3n) is 8.60. The molecular formula is C34H44O7Si. The molecule has 8 heteroatoms. The summed E-state index contributed by atoms with van der Waals surface area (Å²) in [5.41, 5.74) is -0.610. The van der Waals surface area contributed by atoms with Crippen LogP contribution in [0.2, 0.25) is 5.04 Å². The van der Waals surface area contributed by atoms with Gasteiger partial charge in [0.2, 0.25) is 0 Å². The quantitative estimate of drug-likeness (QED) is 0.0943. The van der Waals surface area contributed by atoms with E-state index >= 15 is 0 Å². The minimum absolute atomic E-state index is 0.101. The number of carbonyl (C=O) groups excluding carboxylic acids is 3. The van der Waals surface area contributed by atoms with Crippen LogP contribution in [0.3, 0.4) is 0 Å². The molecule has 0 saturated carbocycles. The second-order valence-electron chi connectivity index (χ2n) is 12.6. The van der Waals surface area contributed by atoms with Gasteiger partial charge in [0.15, 0.2) is 5.60 Å². The molecule has 7 nitrogen and oxygen atoms in total. The summed E-state index contributed by atoms with van der Waals surface area (Å²) < 4.78 is 23.0. The molecule has 42 heavy (non-hydrogen) atoms. The van der Waals surface area contributed by atoms with E-state index in [1.54, 1.807) is 6.92 Å². The number of esters is 1. The van der Waals surface area contributed by atoms with Gasteiger partial charge in [0.1, 0.15) is 18.8 Å². The van der Waals surface area contributed by atoms with Crippen molar-refractivity contribution in [2.75, 3.05) is 19.8 Å². The molecule has 1 fully saturated rings. The third-order valence-corrected chi connectivity index (χ3v) is 13.6. The van der Waals surface area contributed by atoms with Crippen LogP contribution in [0.25, 0.3) is 0 Å². The predicted molar refractivity (Wildman–Crippen MR) is 164 cm³/mol. The fourth-order valence-electron chi connectivity index (χ4n) is 6.94. The molecule has 0 amide bonds. The predicted octanol–water partition coefficient (Wildman–Crippen LogP) is 5.89. The van der Waals surface area contributed by atoms with Gasteiger partial charge in [0, 0.05) is 18.4 Å². The number of hydrogen-bond acceptors (Lipinski definition) is 7. The van der Waals surface area contributed by atoms with E-state index < -0.39 is 31.5 Å². The van der Waals surface area contributed by atoms with E-state index in [4.69, 9.17) is 18.6 Å². The van der Waals surface area contributed by atoms with Crippen molar-refractivity contribution >= 4 is 36.6 Å². The standard InChI is InChI=1S/C34H44O7Si/c1-6-38-30(36)23-26(35)24-34(20-13-19-29(34)33(5)25-39-31(37)41-33)21-14-22-40-42(32(2,3)4,27-15-9-7-10-16-27)28-17-11-8-12-18-28/h7-12,15-19H,6,13-14,20-25H2,1-5H3/t33-,34+/m0/s1. The van der Waals surface area contributed by atoms with Gasteiger partial charge in [0.05, 0.1) is 6.61 Å². The van der Waals surface area contributed by atoms with Gasteiger partial charge >= 0.3 is 12.1 Å². The number of Topliss-reactive ketones (excluding diaryl/α,β-unsaturated/α-hetero) is 1. The zero-order valence-electron chi connectivity index (χ0n) is 25.6. The lowest BCUT2D eigenvalue weighted by molar-refractivity contribution is -0.145. The molecule has 2 atom stereocenters. The normalized spacial score (nSPS) is 22.3. The van der Waals surface area contributed by atoms with Crippen LogP contribution in [0.1, 0.15) is 73.1 Å². The highest BCUT2D eigenvalue weighted by atomic mass is 28.4. The van der Waals surface area contributed by atoms with Crippen LogP contribution in [0, 0.1) is 5.41 Å². The van der Waals surface area contributed by atoms with Crippen LogP contribution >= 0.6 is 0 Å². The number of ether oxygens (including phenoxy) is 3. The summed E-state index contributed by atoms with van der Waals surface area (Å²) in [5.74, 6) is -0.693. The summed E-state index contributed by atoms with van der Waals surface area (Å²) in [6.45, 7) is 11.2. The first kappa shape index (κ1) is 31.7. The molecule has 4 rings (SSSR count). The monoisotopic (exact) mass is 592 g/mol. The molecule has 0 aromatic heterocycles. The van der Waals surface area contributed by atoms with Gasteiger partial charge < -0.3 is 18.6 Å². The van der Waals surface area contributed by atoms with Gasteiger partial charge in [-0.2, -0.15) is 0 Å². The Labute approximate surface area is 250 Å². The number of cyclic esters (lactones) is 2. The average molecular weight is 593 g/mol. The van der Waals surface area contributed by atoms with Gasteiger partial charge in [-0.05, 0) is 60.5 Å². The van der Waals surface area contributed by atoms with Crippen molar-refractivity contribution in [1.82, 2.24) is 0 Å². The summed E-state index contributed by atoms with van der Waals surface area (Å²) >= 11 is 0. The molecule has 2 aliphatic rings. The molecule has 0 bridgehead atoms. The molecule has 1 aliphatic heterocycles. The lowest BCUT2D eigenvalue weighted by Crippen LogP contribution is -2.66. The van der Waals surface area contributed by atoms with E-state index in [0.29, 0.717) is 19.4 Å². The average Bonchev–Trinajstić information content (AvgIpc) is 3.52. The van der Waals surface area contributed by atoms with Gasteiger partial charge in [-0.15, -0.1) is 0 Å². The maximum atomic E-state index is 13.2. The number of ketones is 1. The Balaban J connectivity index is 1.60. The van der Waals surface area contributed by atoms with Crippen LogP contribution in [0.4, 0.5) is 4.79 Å². The molecule has 1 heterocycles. The molecule has 226 valence electrons. The summed E-state index contributed by atoms with van der Waals surface area (Å²) in [4.78, 5) is 37.4. The molecule has 1 aliphatic carbocycles. The highest BCUT2D eigenvalue weighted by Crippen LogP contribution is 2.52. The van der Waals surface area contributed by atoms with Crippen LogP contribution < -0.4 is 10.4 Å². The molecule has 0 radical (unpaired) electrons. The van der Waals surface area contributed by atoms with Crippen LogP contribution in [-0.4, -0.2) is 51.6 Å². The van der Waals surface area contributed by atoms with E-state index in [9.17, 15) is 14.4 Å². The van der Waals surface area contributed by atoms with Crippen molar-refractivity contribution < 1.29 is 33.0 Å². The minimum Gasteiger partial charge on any atom is -0.466 e. The first-order chi connectivity index (χ1) is 20.0. The second-order valence-corrected chi connectivity index (χ2v) is 16.9. The maximum absolute atomic E-state index is 13.2. The Hall–Kier alpha value is -3.23. The summed E-state index contributed by atoms with van der Waals surface area (Å²) in [7, 11) is -2.71. The second kappa shape index (κ2) is 13.0. The first-order valence-corrected chi connectivity index (χ1v) is 16.9. The first-order valence-electron chi connectivity index (χ1n) is 14.9. The van der Waals surface area contributed by atoms with Crippen molar-refractivity contribution in [3.8, 4) is 0 Å². The smallest absolute Gasteiger partial charge is 0.466 e. The van der Waals surface area contributed by atoms with Gasteiger partial charge in [-0.1, -0.05) is 87.5 Å². The lowest BCUT2D eigenvalue weighted by atomic mass is 9.68. The highest BCUT2D eigenvalue weighted by molar-refractivity contribution is 6.99. The SMILES string of the molecule is CCOC(=O)CC(=O)C[C@]1(CCCO[Si](c2ccccc2)(c2ccccc2)C(C)(C)C)CCC=C1[C@]1(C)COC(=O)O1. The summed E-state index contributed by atoms with van der Waals surface area (Å²) in [5, 5.41) is 2.28. The van der Waals surface area contributed by atoms with Crippen molar-refractivity contribution in [3.05, 3.63) is 72.3 Å². The van der Waals surface area contributed by atoms with Crippen LogP contribution in [-0.2, 0) is 28.2 Å². The zero-order chi connectivity index (χ0) is 30.4. The highest BCUT2D eigenvalue weighted by Gasteiger charge is 2.53. The van der Waals surface area contributed by atoms with Crippen molar-refractivity contribution in [1.29, 1.82) is 0 Å².